The van der Waals surface area contributed by atoms with E-state index in [2.05, 4.69) is 55.4 Å². The Bertz CT molecular complexity index is 326. The number of unbranched alkanes of at least 4 members (excludes halogenated alkanes) is 4. The number of quaternary nitrogens is 1. The van der Waals surface area contributed by atoms with Crippen LogP contribution in [0, 0.1) is 23.7 Å². The molecule has 0 saturated heterocycles. The topological polar surface area (TPSA) is 0 Å². The van der Waals surface area contributed by atoms with Crippen molar-refractivity contribution in [1.82, 2.24) is 0 Å². The van der Waals surface area contributed by atoms with Crippen LogP contribution in [-0.2, 0) is 0 Å². The quantitative estimate of drug-likeness (QED) is 0.124. The molecule has 0 fully saturated rings. The fourth-order valence-corrected chi connectivity index (χ4v) is 6.31. The summed E-state index contributed by atoms with van der Waals surface area (Å²) in [4.78, 5) is 0. The van der Waals surface area contributed by atoms with Crippen molar-refractivity contribution in [1.29, 1.82) is 0 Å². The lowest BCUT2D eigenvalue weighted by atomic mass is 9.88. The number of hydrogen-bond donors (Lipinski definition) is 0. The SMILES string of the molecule is CCCCC(CC)C[N+](CC(CC)CCCC)(CC(CC)CCCC)CC(CC)CCCC. The molecule has 0 spiro atoms. The predicted octanol–water partition coefficient (Wildman–Crippen LogP) is 10.7. The van der Waals surface area contributed by atoms with Crippen molar-refractivity contribution < 1.29 is 4.48 Å². The van der Waals surface area contributed by atoms with E-state index in [1.54, 1.807) is 0 Å². The van der Waals surface area contributed by atoms with Crippen molar-refractivity contribution in [2.75, 3.05) is 26.2 Å². The highest BCUT2D eigenvalue weighted by Crippen LogP contribution is 2.31. The van der Waals surface area contributed by atoms with Crippen LogP contribution in [0.2, 0.25) is 0 Å². The average molecular weight is 467 g/mol. The molecule has 0 rings (SSSR count). The first-order valence-electron chi connectivity index (χ1n) is 15.8. The van der Waals surface area contributed by atoms with Crippen LogP contribution in [0.3, 0.4) is 0 Å². The van der Waals surface area contributed by atoms with Crippen LogP contribution in [0.5, 0.6) is 0 Å². The standard InChI is InChI=1S/C32H68N/c1-9-17-21-29(13-5)25-33(26-30(14-6)22-18-10-2,27-31(15-7)23-19-11-3)28-32(16-8)24-20-12-4/h29-32H,9-28H2,1-8H3/q+1. The Kier molecular flexibility index (Phi) is 21.2. The largest absolute Gasteiger partial charge is 0.323 e. The van der Waals surface area contributed by atoms with Crippen LogP contribution in [0.25, 0.3) is 0 Å². The highest BCUT2D eigenvalue weighted by molar-refractivity contribution is 4.69. The molecule has 200 valence electrons. The highest BCUT2D eigenvalue weighted by atomic mass is 15.4. The van der Waals surface area contributed by atoms with Gasteiger partial charge in [-0.1, -0.05) is 107 Å². The van der Waals surface area contributed by atoms with Crippen LogP contribution in [0.15, 0.2) is 0 Å². The summed E-state index contributed by atoms with van der Waals surface area (Å²) in [6.07, 6.45) is 22.4. The van der Waals surface area contributed by atoms with E-state index >= 15 is 0 Å². The van der Waals surface area contributed by atoms with E-state index in [9.17, 15) is 0 Å². The molecule has 1 nitrogen and oxygen atoms in total. The van der Waals surface area contributed by atoms with Crippen molar-refractivity contribution in [2.45, 2.75) is 158 Å². The fraction of sp³-hybridized carbons (Fsp3) is 1.00. The van der Waals surface area contributed by atoms with Crippen LogP contribution >= 0.6 is 0 Å². The van der Waals surface area contributed by atoms with Gasteiger partial charge in [-0.15, -0.1) is 0 Å². The van der Waals surface area contributed by atoms with E-state index in [-0.39, 0.29) is 0 Å². The van der Waals surface area contributed by atoms with Gasteiger partial charge >= 0.3 is 0 Å². The molecule has 0 aliphatic carbocycles. The minimum Gasteiger partial charge on any atom is -0.323 e. The zero-order valence-corrected chi connectivity index (χ0v) is 24.9. The van der Waals surface area contributed by atoms with E-state index in [0.717, 1.165) is 23.7 Å². The zero-order chi connectivity index (χ0) is 25.0. The third-order valence-corrected chi connectivity index (χ3v) is 8.76. The average Bonchev–Trinajstić information content (AvgIpc) is 2.84. The van der Waals surface area contributed by atoms with Crippen LogP contribution in [0.1, 0.15) is 158 Å². The molecule has 4 atom stereocenters. The Morgan fingerprint density at radius 1 is 0.364 bits per heavy atom. The Hall–Kier alpha value is -0.0400. The number of nitrogens with zero attached hydrogens (tertiary/aromatic N) is 1. The second kappa shape index (κ2) is 21.3. The lowest BCUT2D eigenvalue weighted by molar-refractivity contribution is -0.940. The smallest absolute Gasteiger partial charge is 0.0815 e. The number of rotatable bonds is 24. The molecule has 33 heavy (non-hydrogen) atoms. The molecule has 0 aromatic rings. The molecule has 0 bridgehead atoms. The van der Waals surface area contributed by atoms with Crippen molar-refractivity contribution in [3.63, 3.8) is 0 Å². The van der Waals surface area contributed by atoms with Gasteiger partial charge in [-0.3, -0.25) is 0 Å². The second-order valence-corrected chi connectivity index (χ2v) is 11.7. The van der Waals surface area contributed by atoms with E-state index < -0.39 is 0 Å². The molecule has 0 saturated carbocycles. The summed E-state index contributed by atoms with van der Waals surface area (Å²) in [5, 5.41) is 0. The van der Waals surface area contributed by atoms with Crippen LogP contribution < -0.4 is 0 Å². The Morgan fingerprint density at radius 3 is 0.727 bits per heavy atom. The maximum Gasteiger partial charge on any atom is 0.0815 e. The summed E-state index contributed by atoms with van der Waals surface area (Å²) < 4.78 is 1.45. The van der Waals surface area contributed by atoms with E-state index in [1.165, 1.54) is 133 Å². The van der Waals surface area contributed by atoms with Crippen molar-refractivity contribution >= 4 is 0 Å². The number of hydrogen-bond acceptors (Lipinski definition) is 0. The summed E-state index contributed by atoms with van der Waals surface area (Å²) >= 11 is 0. The van der Waals surface area contributed by atoms with Gasteiger partial charge in [0.25, 0.3) is 0 Å². The lowest BCUT2D eigenvalue weighted by Crippen LogP contribution is -2.57. The van der Waals surface area contributed by atoms with Crippen molar-refractivity contribution in [2.24, 2.45) is 23.7 Å². The normalized spacial score (nSPS) is 17.5. The molecule has 0 aromatic carbocycles. The van der Waals surface area contributed by atoms with Gasteiger partial charge in [-0.25, -0.2) is 0 Å². The van der Waals surface area contributed by atoms with Gasteiger partial charge in [-0.05, 0) is 51.4 Å². The molecule has 1 heteroatoms. The molecule has 0 radical (unpaired) electrons. The van der Waals surface area contributed by atoms with E-state index in [1.807, 2.05) is 0 Å². The maximum atomic E-state index is 2.48. The minimum atomic E-state index is 0.918. The second-order valence-electron chi connectivity index (χ2n) is 11.7. The van der Waals surface area contributed by atoms with Gasteiger partial charge in [0.05, 0.1) is 26.2 Å². The van der Waals surface area contributed by atoms with E-state index in [0.29, 0.717) is 0 Å². The summed E-state index contributed by atoms with van der Waals surface area (Å²) in [7, 11) is 0. The Labute approximate surface area is 212 Å². The highest BCUT2D eigenvalue weighted by Gasteiger charge is 2.36. The summed E-state index contributed by atoms with van der Waals surface area (Å²) in [5.74, 6) is 3.67. The predicted molar refractivity (Wildman–Crippen MR) is 153 cm³/mol. The van der Waals surface area contributed by atoms with Crippen molar-refractivity contribution in [3.05, 3.63) is 0 Å². The maximum absolute atomic E-state index is 2.48. The van der Waals surface area contributed by atoms with Gasteiger partial charge in [0.2, 0.25) is 0 Å². The summed E-state index contributed by atoms with van der Waals surface area (Å²) in [6, 6.07) is 0. The van der Waals surface area contributed by atoms with Gasteiger partial charge in [0, 0.05) is 23.7 Å². The molecule has 0 N–H and O–H groups in total. The summed E-state index contributed by atoms with van der Waals surface area (Å²) in [5.41, 5.74) is 0. The lowest BCUT2D eigenvalue weighted by Gasteiger charge is -2.47. The van der Waals surface area contributed by atoms with Gasteiger partial charge in [-0.2, -0.15) is 0 Å². The van der Waals surface area contributed by atoms with Crippen molar-refractivity contribution in [3.8, 4) is 0 Å². The minimum absolute atomic E-state index is 0.918. The van der Waals surface area contributed by atoms with Crippen LogP contribution in [0.4, 0.5) is 0 Å². The monoisotopic (exact) mass is 467 g/mol. The third-order valence-electron chi connectivity index (χ3n) is 8.76. The van der Waals surface area contributed by atoms with Crippen LogP contribution in [-0.4, -0.2) is 30.7 Å². The molecule has 0 heterocycles. The molecular formula is C32H68N+. The first-order chi connectivity index (χ1) is 16.0. The fourth-order valence-electron chi connectivity index (χ4n) is 6.31. The molecule has 0 aliphatic heterocycles. The molecule has 4 unspecified atom stereocenters. The molecule has 0 aliphatic rings. The molecule has 0 amide bonds. The summed E-state index contributed by atoms with van der Waals surface area (Å²) in [6.45, 7) is 25.3. The van der Waals surface area contributed by atoms with Gasteiger partial charge in [0.1, 0.15) is 0 Å². The zero-order valence-electron chi connectivity index (χ0n) is 24.9. The molecule has 0 aromatic heterocycles. The third kappa shape index (κ3) is 14.8. The van der Waals surface area contributed by atoms with E-state index in [4.69, 9.17) is 0 Å². The first-order valence-corrected chi connectivity index (χ1v) is 15.8. The first kappa shape index (κ1) is 33.0. The Morgan fingerprint density at radius 2 is 0.576 bits per heavy atom. The Balaban J connectivity index is 6.06. The van der Waals surface area contributed by atoms with Gasteiger partial charge in [0.15, 0.2) is 0 Å². The van der Waals surface area contributed by atoms with Gasteiger partial charge < -0.3 is 4.48 Å². The molecular weight excluding hydrogens is 398 g/mol.